The summed E-state index contributed by atoms with van der Waals surface area (Å²) >= 11 is 5.03. The third-order valence-electron chi connectivity index (χ3n) is 1.90. The predicted octanol–water partition coefficient (Wildman–Crippen LogP) is 0.419. The van der Waals surface area contributed by atoms with E-state index in [1.165, 1.54) is 0 Å². The van der Waals surface area contributed by atoms with Crippen LogP contribution in [0.15, 0.2) is 11.8 Å². The average molecular weight is 248 g/mol. The molecule has 0 bridgehead atoms. The van der Waals surface area contributed by atoms with E-state index in [0.717, 1.165) is 6.54 Å². The van der Waals surface area contributed by atoms with Gasteiger partial charge in [-0.3, -0.25) is 0 Å². The molecule has 0 aromatic heterocycles. The molecule has 0 aromatic rings. The van der Waals surface area contributed by atoms with Gasteiger partial charge in [0.05, 0.1) is 11.5 Å². The van der Waals surface area contributed by atoms with Crippen LogP contribution in [0.5, 0.6) is 0 Å². The summed E-state index contributed by atoms with van der Waals surface area (Å²) in [6, 6.07) is 0. The maximum Gasteiger partial charge on any atom is 0.170 e. The van der Waals surface area contributed by atoms with Crippen LogP contribution in [0.2, 0.25) is 0 Å². The first-order chi connectivity index (χ1) is 6.89. The highest BCUT2D eigenvalue weighted by Gasteiger charge is 2.19. The zero-order chi connectivity index (χ0) is 11.5. The maximum absolute atomic E-state index is 11.1. The number of hydrogen-bond donors (Lipinski definition) is 2. The van der Waals surface area contributed by atoms with E-state index in [0.29, 0.717) is 16.7 Å². The minimum absolute atomic E-state index is 0.0660. The van der Waals surface area contributed by atoms with Crippen molar-refractivity contribution in [2.45, 2.75) is 13.8 Å². The molecule has 0 spiro atoms. The maximum atomic E-state index is 11.1. The number of sulfone groups is 1. The molecule has 1 aliphatic heterocycles. The smallest absolute Gasteiger partial charge is 0.170 e. The van der Waals surface area contributed by atoms with Crippen molar-refractivity contribution >= 4 is 27.2 Å². The Morgan fingerprint density at radius 2 is 2.27 bits per heavy atom. The Kier molecular flexibility index (Phi) is 4.10. The lowest BCUT2D eigenvalue weighted by molar-refractivity contribution is 0.602. The summed E-state index contributed by atoms with van der Waals surface area (Å²) in [4.78, 5) is 0. The Hall–Kier alpha value is -0.620. The molecule has 4 nitrogen and oxygen atoms in total. The molecule has 0 saturated heterocycles. The lowest BCUT2D eigenvalue weighted by Crippen LogP contribution is -2.37. The van der Waals surface area contributed by atoms with Crippen LogP contribution in [0, 0.1) is 5.92 Å². The second-order valence-corrected chi connectivity index (χ2v) is 6.53. The molecule has 0 aliphatic carbocycles. The summed E-state index contributed by atoms with van der Waals surface area (Å²) in [7, 11) is -2.91. The van der Waals surface area contributed by atoms with Crippen LogP contribution >= 0.6 is 12.2 Å². The van der Waals surface area contributed by atoms with Crippen molar-refractivity contribution in [1.29, 1.82) is 0 Å². The summed E-state index contributed by atoms with van der Waals surface area (Å²) in [5.74, 6) is 0.685. The molecule has 86 valence electrons. The van der Waals surface area contributed by atoms with Crippen molar-refractivity contribution in [1.82, 2.24) is 10.6 Å². The van der Waals surface area contributed by atoms with Crippen LogP contribution in [0.25, 0.3) is 0 Å². The number of thiocarbonyl (C=S) groups is 1. The fourth-order valence-electron chi connectivity index (χ4n) is 1.16. The van der Waals surface area contributed by atoms with Crippen molar-refractivity contribution in [3.63, 3.8) is 0 Å². The molecule has 1 aliphatic rings. The highest BCUT2D eigenvalue weighted by Crippen LogP contribution is 2.07. The fourth-order valence-corrected chi connectivity index (χ4v) is 2.61. The minimum atomic E-state index is -2.91. The summed E-state index contributed by atoms with van der Waals surface area (Å²) in [5, 5.41) is 6.41. The molecule has 1 rings (SSSR count). The predicted molar refractivity (Wildman–Crippen MR) is 65.3 cm³/mol. The van der Waals surface area contributed by atoms with Crippen molar-refractivity contribution in [2.24, 2.45) is 5.92 Å². The quantitative estimate of drug-likeness (QED) is 0.709. The van der Waals surface area contributed by atoms with Crippen LogP contribution in [-0.4, -0.2) is 31.6 Å². The molecule has 2 N–H and O–H groups in total. The van der Waals surface area contributed by atoms with Crippen molar-refractivity contribution in [3.8, 4) is 0 Å². The topological polar surface area (TPSA) is 58.2 Å². The number of nitrogens with one attached hydrogen (secondary N) is 2. The number of hydrogen-bond acceptors (Lipinski definition) is 3. The molecule has 0 fully saturated rings. The van der Waals surface area contributed by atoms with E-state index in [2.05, 4.69) is 24.5 Å². The van der Waals surface area contributed by atoms with Crippen LogP contribution in [-0.2, 0) is 9.84 Å². The zero-order valence-electron chi connectivity index (χ0n) is 8.91. The molecule has 0 aromatic carbocycles. The largest absolute Gasteiger partial charge is 0.362 e. The van der Waals surface area contributed by atoms with Crippen molar-refractivity contribution in [2.75, 3.05) is 18.1 Å². The molecular weight excluding hydrogens is 232 g/mol. The van der Waals surface area contributed by atoms with Gasteiger partial charge in [-0.15, -0.1) is 0 Å². The van der Waals surface area contributed by atoms with Gasteiger partial charge in [0.2, 0.25) is 0 Å². The average Bonchev–Trinajstić information content (AvgIpc) is 2.42. The Bertz CT molecular complexity index is 372. The summed E-state index contributed by atoms with van der Waals surface area (Å²) in [6.45, 7) is 4.94. The third-order valence-corrected chi connectivity index (χ3v) is 3.58. The Morgan fingerprint density at radius 1 is 1.60 bits per heavy atom. The van der Waals surface area contributed by atoms with Gasteiger partial charge in [-0.25, -0.2) is 8.42 Å². The van der Waals surface area contributed by atoms with Gasteiger partial charge in [-0.2, -0.15) is 0 Å². The second-order valence-electron chi connectivity index (χ2n) is 4.01. The van der Waals surface area contributed by atoms with E-state index in [-0.39, 0.29) is 11.5 Å². The van der Waals surface area contributed by atoms with Gasteiger partial charge in [-0.05, 0) is 24.2 Å². The van der Waals surface area contributed by atoms with Crippen molar-refractivity contribution < 1.29 is 8.42 Å². The molecule has 0 saturated carbocycles. The van der Waals surface area contributed by atoms with E-state index in [4.69, 9.17) is 12.2 Å². The SMILES string of the molecule is CC(C)CNC(=S)NC1=CCS(=O)(=O)C1. The molecular formula is C9H16N2O2S2. The van der Waals surface area contributed by atoms with Gasteiger partial charge in [0.1, 0.15) is 0 Å². The normalized spacial score (nSPS) is 18.7. The van der Waals surface area contributed by atoms with E-state index < -0.39 is 9.84 Å². The van der Waals surface area contributed by atoms with Gasteiger partial charge in [-0.1, -0.05) is 13.8 Å². The lowest BCUT2D eigenvalue weighted by Gasteiger charge is -2.12. The van der Waals surface area contributed by atoms with E-state index in [1.807, 2.05) is 0 Å². The summed E-state index contributed by atoms with van der Waals surface area (Å²) < 4.78 is 22.3. The van der Waals surface area contributed by atoms with Crippen LogP contribution in [0.1, 0.15) is 13.8 Å². The molecule has 0 unspecified atom stereocenters. The second kappa shape index (κ2) is 4.94. The Balaban J connectivity index is 2.34. The first kappa shape index (κ1) is 12.4. The Labute approximate surface area is 96.0 Å². The van der Waals surface area contributed by atoms with Gasteiger partial charge < -0.3 is 10.6 Å². The van der Waals surface area contributed by atoms with E-state index in [9.17, 15) is 8.42 Å². The molecule has 1 heterocycles. The zero-order valence-corrected chi connectivity index (χ0v) is 10.5. The van der Waals surface area contributed by atoms with E-state index in [1.54, 1.807) is 6.08 Å². The molecule has 15 heavy (non-hydrogen) atoms. The van der Waals surface area contributed by atoms with Gasteiger partial charge in [0.15, 0.2) is 14.9 Å². The standard InChI is InChI=1S/C9H16N2O2S2/c1-7(2)5-10-9(14)11-8-3-4-15(12,13)6-8/h3,7H,4-6H2,1-2H3,(H2,10,11,14). The van der Waals surface area contributed by atoms with Crippen LogP contribution < -0.4 is 10.6 Å². The number of rotatable bonds is 3. The third kappa shape index (κ3) is 4.61. The lowest BCUT2D eigenvalue weighted by atomic mass is 10.2. The first-order valence-electron chi connectivity index (χ1n) is 4.83. The highest BCUT2D eigenvalue weighted by atomic mass is 32.2. The molecule has 6 heteroatoms. The van der Waals surface area contributed by atoms with Crippen LogP contribution in [0.3, 0.4) is 0 Å². The fraction of sp³-hybridized carbons (Fsp3) is 0.667. The van der Waals surface area contributed by atoms with Gasteiger partial charge in [0, 0.05) is 12.2 Å². The monoisotopic (exact) mass is 248 g/mol. The van der Waals surface area contributed by atoms with Crippen LogP contribution in [0.4, 0.5) is 0 Å². The van der Waals surface area contributed by atoms with E-state index >= 15 is 0 Å². The first-order valence-corrected chi connectivity index (χ1v) is 7.06. The molecule has 0 radical (unpaired) electrons. The Morgan fingerprint density at radius 3 is 2.73 bits per heavy atom. The van der Waals surface area contributed by atoms with Gasteiger partial charge in [0.25, 0.3) is 0 Å². The summed E-state index contributed by atoms with van der Waals surface area (Å²) in [6.07, 6.45) is 1.67. The summed E-state index contributed by atoms with van der Waals surface area (Å²) in [5.41, 5.74) is 0.677. The molecule has 0 atom stereocenters. The minimum Gasteiger partial charge on any atom is -0.362 e. The van der Waals surface area contributed by atoms with Gasteiger partial charge >= 0.3 is 0 Å². The molecule has 0 amide bonds. The highest BCUT2D eigenvalue weighted by molar-refractivity contribution is 7.92. The van der Waals surface area contributed by atoms with Crippen molar-refractivity contribution in [3.05, 3.63) is 11.8 Å².